The number of hydrogen-bond donors (Lipinski definition) is 0. The third-order valence-electron chi connectivity index (χ3n) is 6.80. The van der Waals surface area contributed by atoms with Crippen LogP contribution in [0.1, 0.15) is 59.3 Å². The molecule has 126 valence electrons. The molecule has 0 bridgehead atoms. The number of Topliss-reactive ketones (excluding diaryl/α,β-unsaturated/α-hetero) is 1. The topological polar surface area (TPSA) is 29.5 Å². The summed E-state index contributed by atoms with van der Waals surface area (Å²) in [4.78, 5) is 13.9. The minimum atomic E-state index is -1.59. The summed E-state index contributed by atoms with van der Waals surface area (Å²) in [5, 5.41) is 0.318. The summed E-state index contributed by atoms with van der Waals surface area (Å²) >= 11 is 0. The second-order valence-electron chi connectivity index (χ2n) is 9.55. The molecule has 3 nitrogen and oxygen atoms in total. The highest BCUT2D eigenvalue weighted by atomic mass is 28.4. The molecule has 0 amide bonds. The zero-order valence-corrected chi connectivity index (χ0v) is 16.1. The van der Waals surface area contributed by atoms with E-state index < -0.39 is 8.32 Å². The van der Waals surface area contributed by atoms with Gasteiger partial charge in [0.15, 0.2) is 8.32 Å². The van der Waals surface area contributed by atoms with Crippen LogP contribution in [0.2, 0.25) is 18.1 Å². The summed E-state index contributed by atoms with van der Waals surface area (Å²) in [6.07, 6.45) is 7.33. The van der Waals surface area contributed by atoms with Crippen LogP contribution in [0, 0.1) is 5.41 Å². The Morgan fingerprint density at radius 1 is 1.09 bits per heavy atom. The van der Waals surface area contributed by atoms with Gasteiger partial charge in [0.1, 0.15) is 5.78 Å². The lowest BCUT2D eigenvalue weighted by molar-refractivity contribution is -0.131. The highest BCUT2D eigenvalue weighted by molar-refractivity contribution is 6.74. The Morgan fingerprint density at radius 3 is 2.14 bits per heavy atom. The summed E-state index contributed by atoms with van der Waals surface area (Å²) < 4.78 is 6.54. The minimum absolute atomic E-state index is 0.318. The Bertz CT molecular complexity index is 430. The highest BCUT2D eigenvalue weighted by Gasteiger charge is 2.56. The quantitative estimate of drug-likeness (QED) is 0.736. The van der Waals surface area contributed by atoms with E-state index in [0.29, 0.717) is 22.3 Å². The Balaban J connectivity index is 1.42. The van der Waals surface area contributed by atoms with Crippen molar-refractivity contribution in [2.75, 3.05) is 13.1 Å². The van der Waals surface area contributed by atoms with Crippen LogP contribution < -0.4 is 0 Å². The van der Waals surface area contributed by atoms with Crippen molar-refractivity contribution in [1.82, 2.24) is 4.90 Å². The Morgan fingerprint density at radius 2 is 1.64 bits per heavy atom. The summed E-state index contributed by atoms with van der Waals surface area (Å²) in [6.45, 7) is 13.7. The number of rotatable bonds is 3. The SMILES string of the molecule is CC(C)(C)[Si](C)(C)OC1CC2(C1)CC(N1CCC(=O)CC1)C2. The summed E-state index contributed by atoms with van der Waals surface area (Å²) in [7, 11) is -1.59. The van der Waals surface area contributed by atoms with E-state index in [1.807, 2.05) is 0 Å². The summed E-state index contributed by atoms with van der Waals surface area (Å²) in [5.41, 5.74) is 0.596. The molecule has 0 aromatic carbocycles. The molecular weight excluding hydrogens is 290 g/mol. The van der Waals surface area contributed by atoms with Gasteiger partial charge in [-0.1, -0.05) is 20.8 Å². The maximum absolute atomic E-state index is 11.3. The first-order chi connectivity index (χ1) is 10.1. The van der Waals surface area contributed by atoms with Crippen molar-refractivity contribution in [3.8, 4) is 0 Å². The normalized spacial score (nSPS) is 37.0. The first-order valence-electron chi connectivity index (χ1n) is 9.04. The number of piperidine rings is 1. The summed E-state index contributed by atoms with van der Waals surface area (Å²) in [5.74, 6) is 0.455. The van der Waals surface area contributed by atoms with Crippen molar-refractivity contribution in [1.29, 1.82) is 0 Å². The van der Waals surface area contributed by atoms with Crippen LogP contribution in [0.15, 0.2) is 0 Å². The molecule has 1 spiro atoms. The molecule has 1 aliphatic heterocycles. The van der Waals surface area contributed by atoms with Crippen molar-refractivity contribution < 1.29 is 9.22 Å². The molecule has 3 rings (SSSR count). The van der Waals surface area contributed by atoms with Gasteiger partial charge in [0.2, 0.25) is 0 Å². The molecule has 0 N–H and O–H groups in total. The van der Waals surface area contributed by atoms with Crippen LogP contribution in [0.3, 0.4) is 0 Å². The second-order valence-corrected chi connectivity index (χ2v) is 14.3. The van der Waals surface area contributed by atoms with Crippen molar-refractivity contribution in [3.05, 3.63) is 0 Å². The third kappa shape index (κ3) is 3.07. The van der Waals surface area contributed by atoms with E-state index in [9.17, 15) is 4.79 Å². The van der Waals surface area contributed by atoms with E-state index in [0.717, 1.165) is 32.0 Å². The number of ketones is 1. The first-order valence-corrected chi connectivity index (χ1v) is 11.9. The maximum atomic E-state index is 11.3. The monoisotopic (exact) mass is 323 g/mol. The number of carbonyl (C=O) groups is 1. The van der Waals surface area contributed by atoms with Crippen molar-refractivity contribution in [3.63, 3.8) is 0 Å². The molecule has 1 saturated heterocycles. The van der Waals surface area contributed by atoms with E-state index in [2.05, 4.69) is 38.8 Å². The zero-order valence-electron chi connectivity index (χ0n) is 15.1. The molecule has 22 heavy (non-hydrogen) atoms. The Kier molecular flexibility index (Phi) is 4.10. The van der Waals surface area contributed by atoms with E-state index in [1.54, 1.807) is 0 Å². The van der Waals surface area contributed by atoms with Gasteiger partial charge < -0.3 is 4.43 Å². The van der Waals surface area contributed by atoms with Gasteiger partial charge in [-0.2, -0.15) is 0 Å². The van der Waals surface area contributed by atoms with E-state index in [-0.39, 0.29) is 0 Å². The molecule has 0 aromatic rings. The van der Waals surface area contributed by atoms with Crippen LogP contribution in [0.4, 0.5) is 0 Å². The van der Waals surface area contributed by atoms with Gasteiger partial charge in [-0.05, 0) is 49.2 Å². The number of nitrogens with zero attached hydrogens (tertiary/aromatic N) is 1. The van der Waals surface area contributed by atoms with Crippen LogP contribution in [-0.2, 0) is 9.22 Å². The van der Waals surface area contributed by atoms with Crippen molar-refractivity contribution in [2.24, 2.45) is 5.41 Å². The molecular formula is C18H33NO2Si. The zero-order chi connectivity index (χ0) is 16.2. The van der Waals surface area contributed by atoms with Gasteiger partial charge in [-0.3, -0.25) is 9.69 Å². The maximum Gasteiger partial charge on any atom is 0.192 e. The van der Waals surface area contributed by atoms with Crippen molar-refractivity contribution >= 4 is 14.1 Å². The van der Waals surface area contributed by atoms with Gasteiger partial charge in [-0.15, -0.1) is 0 Å². The number of hydrogen-bond acceptors (Lipinski definition) is 3. The van der Waals surface area contributed by atoms with Gasteiger partial charge in [-0.25, -0.2) is 0 Å². The van der Waals surface area contributed by atoms with Crippen LogP contribution in [-0.4, -0.2) is 44.2 Å². The lowest BCUT2D eigenvalue weighted by atomic mass is 9.52. The Labute approximate surface area is 136 Å². The molecule has 2 saturated carbocycles. The second kappa shape index (κ2) is 5.42. The third-order valence-corrected chi connectivity index (χ3v) is 11.3. The molecule has 0 radical (unpaired) electrons. The van der Waals surface area contributed by atoms with E-state index in [4.69, 9.17) is 4.43 Å². The highest BCUT2D eigenvalue weighted by Crippen LogP contribution is 2.59. The standard InChI is InChI=1S/C18H33NO2Si/c1-17(2,3)22(4,5)21-16-12-18(13-16)10-14(11-18)19-8-6-15(20)7-9-19/h14,16H,6-13H2,1-5H3. The predicted octanol–water partition coefficient (Wildman–Crippen LogP) is 3.98. The molecule has 0 aromatic heterocycles. The van der Waals surface area contributed by atoms with Gasteiger partial charge in [0.25, 0.3) is 0 Å². The molecule has 3 aliphatic rings. The molecule has 2 aliphatic carbocycles. The van der Waals surface area contributed by atoms with Crippen LogP contribution >= 0.6 is 0 Å². The van der Waals surface area contributed by atoms with Crippen LogP contribution in [0.5, 0.6) is 0 Å². The average Bonchev–Trinajstić information content (AvgIpc) is 2.30. The smallest absolute Gasteiger partial charge is 0.192 e. The summed E-state index contributed by atoms with van der Waals surface area (Å²) in [6, 6.07) is 0.752. The molecule has 4 heteroatoms. The molecule has 3 fully saturated rings. The fourth-order valence-electron chi connectivity index (χ4n) is 4.25. The first kappa shape index (κ1) is 16.7. The lowest BCUT2D eigenvalue weighted by Gasteiger charge is -2.61. The molecule has 1 heterocycles. The minimum Gasteiger partial charge on any atom is -0.414 e. The predicted molar refractivity (Wildman–Crippen MR) is 92.6 cm³/mol. The largest absolute Gasteiger partial charge is 0.414 e. The van der Waals surface area contributed by atoms with Crippen LogP contribution in [0.25, 0.3) is 0 Å². The fraction of sp³-hybridized carbons (Fsp3) is 0.944. The van der Waals surface area contributed by atoms with E-state index >= 15 is 0 Å². The van der Waals surface area contributed by atoms with Gasteiger partial charge in [0.05, 0.1) is 0 Å². The fourth-order valence-corrected chi connectivity index (χ4v) is 5.61. The van der Waals surface area contributed by atoms with Crippen molar-refractivity contribution in [2.45, 2.75) is 89.6 Å². The molecule has 0 unspecified atom stereocenters. The lowest BCUT2D eigenvalue weighted by Crippen LogP contribution is -2.61. The Hall–Kier alpha value is -0.193. The van der Waals surface area contributed by atoms with E-state index in [1.165, 1.54) is 25.7 Å². The number of carbonyl (C=O) groups excluding carboxylic acids is 1. The average molecular weight is 324 g/mol. The van der Waals surface area contributed by atoms with Gasteiger partial charge >= 0.3 is 0 Å². The van der Waals surface area contributed by atoms with Gasteiger partial charge in [0, 0.05) is 38.1 Å². The molecule has 0 atom stereocenters. The number of likely N-dealkylation sites (tertiary alicyclic amines) is 1.